The summed E-state index contributed by atoms with van der Waals surface area (Å²) in [5.41, 5.74) is 3.91. The smallest absolute Gasteiger partial charge is 0.251 e. The van der Waals surface area contributed by atoms with Gasteiger partial charge in [-0.1, -0.05) is 57.2 Å². The molecule has 0 spiro atoms. The van der Waals surface area contributed by atoms with Gasteiger partial charge in [0, 0.05) is 50.4 Å². The van der Waals surface area contributed by atoms with Gasteiger partial charge >= 0.3 is 0 Å². The molecular weight excluding hydrogens is 610 g/mol. The zero-order chi connectivity index (χ0) is 35.4. The number of fused-ring (bicyclic) bond motifs is 2. The van der Waals surface area contributed by atoms with Crippen molar-refractivity contribution in [2.75, 3.05) is 48.0 Å². The van der Waals surface area contributed by atoms with Crippen molar-refractivity contribution in [2.45, 2.75) is 72.1 Å². The molecule has 2 aromatic carbocycles. The van der Waals surface area contributed by atoms with Gasteiger partial charge in [-0.3, -0.25) is 4.79 Å². The van der Waals surface area contributed by atoms with Crippen molar-refractivity contribution < 1.29 is 38.0 Å². The molecule has 0 aromatic heterocycles. The summed E-state index contributed by atoms with van der Waals surface area (Å²) in [4.78, 5) is 13.4. The Balaban J connectivity index is 2.10. The minimum Gasteiger partial charge on any atom is -0.497 e. The average molecular weight is 666 g/mol. The molecule has 48 heavy (non-hydrogen) atoms. The van der Waals surface area contributed by atoms with Crippen LogP contribution in [-0.2, 0) is 30.3 Å². The molecule has 1 aliphatic heterocycles. The highest BCUT2D eigenvalue weighted by Crippen LogP contribution is 2.42. The van der Waals surface area contributed by atoms with Gasteiger partial charge in [-0.05, 0) is 55.5 Å². The zero-order valence-electron chi connectivity index (χ0n) is 30.5. The number of nitrogens with one attached hydrogen (secondary N) is 1. The predicted molar refractivity (Wildman–Crippen MR) is 190 cm³/mol. The molecule has 0 unspecified atom stereocenters. The van der Waals surface area contributed by atoms with Crippen LogP contribution in [0.2, 0.25) is 0 Å². The van der Waals surface area contributed by atoms with Crippen LogP contribution in [0.3, 0.4) is 0 Å². The average Bonchev–Trinajstić information content (AvgIpc) is 3.08. The first-order chi connectivity index (χ1) is 23.0. The Bertz CT molecular complexity index is 1420. The number of amides is 1. The second kappa shape index (κ2) is 18.8. The van der Waals surface area contributed by atoms with Crippen LogP contribution in [0.1, 0.15) is 58.3 Å². The lowest BCUT2D eigenvalue weighted by atomic mass is 9.86. The quantitative estimate of drug-likeness (QED) is 0.272. The van der Waals surface area contributed by atoms with Crippen molar-refractivity contribution in [3.63, 3.8) is 0 Å². The van der Waals surface area contributed by atoms with Gasteiger partial charge in [0.05, 0.1) is 58.0 Å². The van der Waals surface area contributed by atoms with Crippen molar-refractivity contribution >= 4 is 11.6 Å². The van der Waals surface area contributed by atoms with Crippen LogP contribution in [0.25, 0.3) is 0 Å². The van der Waals surface area contributed by atoms with E-state index in [9.17, 15) is 4.79 Å². The van der Waals surface area contributed by atoms with Gasteiger partial charge in [-0.25, -0.2) is 0 Å². The molecule has 7 atom stereocenters. The van der Waals surface area contributed by atoms with E-state index in [4.69, 9.17) is 33.2 Å². The van der Waals surface area contributed by atoms with Crippen LogP contribution >= 0.6 is 0 Å². The number of ether oxygens (including phenoxy) is 7. The van der Waals surface area contributed by atoms with Gasteiger partial charge in [0.2, 0.25) is 0 Å². The highest BCUT2D eigenvalue weighted by molar-refractivity contribution is 6.04. The second-order valence-corrected chi connectivity index (χ2v) is 12.5. The first kappa shape index (κ1) is 38.8. The fraction of sp³-hybridized carbons (Fsp3) is 0.513. The van der Waals surface area contributed by atoms with E-state index in [1.807, 2.05) is 36.4 Å². The molecule has 264 valence electrons. The topological polar surface area (TPSA) is 93.7 Å². The number of carbonyl (C=O) groups is 1. The van der Waals surface area contributed by atoms with Crippen LogP contribution in [0.5, 0.6) is 17.2 Å². The Morgan fingerprint density at radius 1 is 0.792 bits per heavy atom. The number of benzene rings is 2. The van der Waals surface area contributed by atoms with E-state index in [-0.39, 0.29) is 42.0 Å². The van der Waals surface area contributed by atoms with Gasteiger partial charge in [0.15, 0.2) is 0 Å². The molecule has 0 saturated heterocycles. The van der Waals surface area contributed by atoms with Gasteiger partial charge in [-0.2, -0.15) is 0 Å². The third kappa shape index (κ3) is 9.95. The number of hydrogen-bond acceptors (Lipinski definition) is 8. The van der Waals surface area contributed by atoms with Gasteiger partial charge in [0.25, 0.3) is 5.91 Å². The summed E-state index contributed by atoms with van der Waals surface area (Å²) in [6.07, 6.45) is 7.51. The number of methoxy groups -OCH3 is 6. The fourth-order valence-electron chi connectivity index (χ4n) is 6.48. The third-order valence-electron chi connectivity index (χ3n) is 9.08. The van der Waals surface area contributed by atoms with Crippen LogP contribution in [0, 0.1) is 17.8 Å². The first-order valence-electron chi connectivity index (χ1n) is 16.4. The van der Waals surface area contributed by atoms with Crippen molar-refractivity contribution in [1.29, 1.82) is 0 Å². The van der Waals surface area contributed by atoms with E-state index < -0.39 is 6.10 Å². The van der Waals surface area contributed by atoms with Crippen LogP contribution in [0.4, 0.5) is 5.69 Å². The maximum atomic E-state index is 13.4. The third-order valence-corrected chi connectivity index (χ3v) is 9.08. The van der Waals surface area contributed by atoms with Crippen molar-refractivity contribution in [1.82, 2.24) is 0 Å². The standard InChI is InChI=1S/C39H55NO8/c1-24-13-12-14-25(2)39(41)40-33-22-31(43-7)21-32(38(33)47-11)36(45-9)28(5)20-34(44-8)37(46-10)27(4)19-26(3)35(24)48-23-29-15-17-30(42-6)18-16-29/h12-19,21-22,24,27-28,34-37H,20,23H2,1-11H3,(H,40,41)/b13-12-,25-14+,26-19+/t24-,27-,28-,34-,35-,36+,37+/m0/s1. The maximum absolute atomic E-state index is 13.4. The number of anilines is 1. The van der Waals surface area contributed by atoms with Gasteiger partial charge in [-0.15, -0.1) is 0 Å². The number of carbonyl (C=O) groups excluding carboxylic acids is 1. The molecule has 0 radical (unpaired) electrons. The van der Waals surface area contributed by atoms with E-state index in [0.717, 1.165) is 22.4 Å². The van der Waals surface area contributed by atoms with Gasteiger partial charge in [0.1, 0.15) is 17.2 Å². The summed E-state index contributed by atoms with van der Waals surface area (Å²) in [6.45, 7) is 10.7. The lowest BCUT2D eigenvalue weighted by molar-refractivity contribution is -0.112. The van der Waals surface area contributed by atoms with Crippen molar-refractivity contribution in [2.24, 2.45) is 17.8 Å². The molecule has 9 nitrogen and oxygen atoms in total. The molecule has 0 aliphatic carbocycles. The second-order valence-electron chi connectivity index (χ2n) is 12.5. The van der Waals surface area contributed by atoms with Crippen molar-refractivity contribution in [3.8, 4) is 17.2 Å². The lowest BCUT2D eigenvalue weighted by Crippen LogP contribution is -2.37. The van der Waals surface area contributed by atoms with E-state index in [0.29, 0.717) is 35.8 Å². The fourth-order valence-corrected chi connectivity index (χ4v) is 6.48. The summed E-state index contributed by atoms with van der Waals surface area (Å²) in [6, 6.07) is 11.5. The Kier molecular flexibility index (Phi) is 15.2. The summed E-state index contributed by atoms with van der Waals surface area (Å²) in [5.74, 6) is 1.58. The molecule has 0 saturated carbocycles. The number of allylic oxidation sites excluding steroid dienone is 2. The molecular formula is C39H55NO8. The molecule has 3 rings (SSSR count). The Morgan fingerprint density at radius 3 is 2.06 bits per heavy atom. The largest absolute Gasteiger partial charge is 0.497 e. The Labute approximate surface area is 287 Å². The SMILES string of the molecule is COc1ccc(CO[C@@H]2/C(C)=C/[C@H](C)[C@@H](OC)[C@@H](OC)C[C@H](C)[C@@H](OC)c3cc(OC)cc(c3OC)NC(=O)/C(C)=C/C=C\[C@@H]2C)cc1. The zero-order valence-corrected chi connectivity index (χ0v) is 30.5. The summed E-state index contributed by atoms with van der Waals surface area (Å²) >= 11 is 0. The summed E-state index contributed by atoms with van der Waals surface area (Å²) in [7, 11) is 9.94. The van der Waals surface area contributed by atoms with Gasteiger partial charge < -0.3 is 38.5 Å². The molecule has 2 aromatic rings. The van der Waals surface area contributed by atoms with Crippen LogP contribution in [-0.4, -0.2) is 66.9 Å². The Hall–Kier alpha value is -3.63. The normalized spacial score (nSPS) is 28.7. The minimum atomic E-state index is -0.397. The number of hydrogen-bond donors (Lipinski definition) is 1. The molecule has 1 heterocycles. The van der Waals surface area contributed by atoms with Crippen LogP contribution < -0.4 is 19.5 Å². The minimum absolute atomic E-state index is 0.000384. The highest BCUT2D eigenvalue weighted by Gasteiger charge is 2.33. The van der Waals surface area contributed by atoms with E-state index in [1.165, 1.54) is 0 Å². The van der Waals surface area contributed by atoms with Crippen molar-refractivity contribution in [3.05, 3.63) is 83.0 Å². The van der Waals surface area contributed by atoms with E-state index >= 15 is 0 Å². The lowest BCUT2D eigenvalue weighted by Gasteiger charge is -2.34. The molecule has 1 amide bonds. The van der Waals surface area contributed by atoms with E-state index in [2.05, 4.69) is 45.2 Å². The van der Waals surface area contributed by atoms with Crippen LogP contribution in [0.15, 0.2) is 71.8 Å². The number of rotatable bonds is 9. The molecule has 1 N–H and O–H groups in total. The predicted octanol–water partition coefficient (Wildman–Crippen LogP) is 7.71. The first-order valence-corrected chi connectivity index (χ1v) is 16.4. The molecule has 1 aliphatic rings. The molecule has 9 heteroatoms. The summed E-state index contributed by atoms with van der Waals surface area (Å²) < 4.78 is 41.7. The Morgan fingerprint density at radius 2 is 1.48 bits per heavy atom. The maximum Gasteiger partial charge on any atom is 0.251 e. The highest BCUT2D eigenvalue weighted by atomic mass is 16.5. The van der Waals surface area contributed by atoms with E-state index in [1.54, 1.807) is 61.7 Å². The molecule has 2 bridgehead atoms. The molecule has 0 fully saturated rings. The summed E-state index contributed by atoms with van der Waals surface area (Å²) in [5, 5.41) is 3.03. The monoisotopic (exact) mass is 665 g/mol.